The van der Waals surface area contributed by atoms with Crippen LogP contribution in [0.3, 0.4) is 0 Å². The van der Waals surface area contributed by atoms with Gasteiger partial charge in [-0.15, -0.1) is 0 Å². The van der Waals surface area contributed by atoms with Crippen molar-refractivity contribution in [3.63, 3.8) is 0 Å². The van der Waals surface area contributed by atoms with Crippen LogP contribution in [0.5, 0.6) is 0 Å². The number of fused-ring (bicyclic) bond motifs is 2. The van der Waals surface area contributed by atoms with Gasteiger partial charge in [-0.2, -0.15) is 0 Å². The van der Waals surface area contributed by atoms with Gasteiger partial charge in [0.2, 0.25) is 5.91 Å². The molecular formula is C34H46N2O6. The van der Waals surface area contributed by atoms with Crippen LogP contribution >= 0.6 is 0 Å². The summed E-state index contributed by atoms with van der Waals surface area (Å²) in [6.07, 6.45) is 5.20. The number of aliphatic carboxylic acids is 1. The van der Waals surface area contributed by atoms with Crippen molar-refractivity contribution in [3.8, 4) is 0 Å². The lowest BCUT2D eigenvalue weighted by Crippen LogP contribution is -2.42. The number of carboxylic acids is 1. The minimum absolute atomic E-state index is 0.00233. The largest absolute Gasteiger partial charge is 0.481 e. The van der Waals surface area contributed by atoms with Crippen LogP contribution in [0.1, 0.15) is 101 Å². The number of aliphatic hydroxyl groups is 1. The molecule has 5 atom stereocenters. The number of amides is 1. The molecule has 0 radical (unpaired) electrons. The normalized spacial score (nSPS) is 28.9. The second-order valence-corrected chi connectivity index (χ2v) is 13.8. The summed E-state index contributed by atoms with van der Waals surface area (Å²) in [4.78, 5) is 25.6. The van der Waals surface area contributed by atoms with Gasteiger partial charge in [-0.1, -0.05) is 57.2 Å². The van der Waals surface area contributed by atoms with Crippen LogP contribution in [-0.2, 0) is 25.7 Å². The van der Waals surface area contributed by atoms with Crippen molar-refractivity contribution in [1.29, 1.82) is 0 Å². The van der Waals surface area contributed by atoms with Crippen molar-refractivity contribution in [2.24, 2.45) is 10.8 Å². The van der Waals surface area contributed by atoms with Gasteiger partial charge in [0, 0.05) is 49.6 Å². The molecule has 2 saturated heterocycles. The summed E-state index contributed by atoms with van der Waals surface area (Å²) in [5.41, 5.74) is 4.24. The second-order valence-electron chi connectivity index (χ2n) is 13.8. The number of unbranched alkanes of at least 4 members (excludes halogenated alkanes) is 1. The summed E-state index contributed by atoms with van der Waals surface area (Å²) in [7, 11) is 0. The molecule has 2 heterocycles. The molecule has 8 heteroatoms. The van der Waals surface area contributed by atoms with Crippen molar-refractivity contribution >= 4 is 17.6 Å². The van der Waals surface area contributed by atoms with E-state index in [1.54, 1.807) is 0 Å². The smallest absolute Gasteiger partial charge is 0.303 e. The molecule has 5 rings (SSSR count). The molecule has 2 aromatic carbocycles. The van der Waals surface area contributed by atoms with E-state index in [2.05, 4.69) is 31.0 Å². The number of hydrogen-bond acceptors (Lipinski definition) is 6. The standard InChI is InChI=1S/C34H46N2O6/c1-33(2)17-27-18-34(3,21-33)22-36(27)19-28-16-29(24-10-8-23(20-37)9-11-24)42-32(41-28)25-12-14-26(15-13-25)35-30(38)6-4-5-7-31(39)40/h8-15,27-29,32,37H,4-7,16-22H2,1-3H3,(H,35,38)(H,39,40). The van der Waals surface area contributed by atoms with E-state index in [1.807, 2.05) is 48.5 Å². The van der Waals surface area contributed by atoms with Crippen LogP contribution in [0.4, 0.5) is 5.69 Å². The monoisotopic (exact) mass is 578 g/mol. The van der Waals surface area contributed by atoms with E-state index in [-0.39, 0.29) is 37.6 Å². The van der Waals surface area contributed by atoms with Crippen molar-refractivity contribution in [2.75, 3.05) is 18.4 Å². The number of nitrogens with one attached hydrogen (secondary N) is 1. The van der Waals surface area contributed by atoms with Gasteiger partial charge < -0.3 is 25.0 Å². The SMILES string of the molecule is CC1(C)CC2CC(C)(CN2CC2CC(c3ccc(CO)cc3)OC(c3ccc(NC(=O)CCCCC(=O)O)cc3)O2)C1. The first-order chi connectivity index (χ1) is 20.0. The number of benzene rings is 2. The van der Waals surface area contributed by atoms with Crippen LogP contribution in [0, 0.1) is 10.8 Å². The van der Waals surface area contributed by atoms with E-state index in [1.165, 1.54) is 19.3 Å². The molecular weight excluding hydrogens is 532 g/mol. The summed E-state index contributed by atoms with van der Waals surface area (Å²) >= 11 is 0. The Balaban J connectivity index is 1.27. The number of anilines is 1. The molecule has 3 fully saturated rings. The van der Waals surface area contributed by atoms with Crippen molar-refractivity contribution in [2.45, 2.75) is 103 Å². The van der Waals surface area contributed by atoms with E-state index >= 15 is 0 Å². The molecule has 3 N–H and O–H groups in total. The number of ether oxygens (including phenoxy) is 2. The summed E-state index contributed by atoms with van der Waals surface area (Å²) in [6, 6.07) is 16.1. The lowest BCUT2D eigenvalue weighted by atomic mass is 9.65. The number of nitrogens with zero attached hydrogens (tertiary/aromatic N) is 1. The first-order valence-electron chi connectivity index (χ1n) is 15.4. The Morgan fingerprint density at radius 2 is 1.64 bits per heavy atom. The third-order valence-electron chi connectivity index (χ3n) is 9.09. The summed E-state index contributed by atoms with van der Waals surface area (Å²) in [5, 5.41) is 21.2. The zero-order chi connectivity index (χ0) is 29.9. The number of rotatable bonds is 11. The maximum absolute atomic E-state index is 12.3. The first-order valence-corrected chi connectivity index (χ1v) is 15.4. The zero-order valence-corrected chi connectivity index (χ0v) is 25.2. The zero-order valence-electron chi connectivity index (χ0n) is 25.2. The average Bonchev–Trinajstić information content (AvgIpc) is 3.18. The second kappa shape index (κ2) is 12.8. The Morgan fingerprint density at radius 3 is 2.33 bits per heavy atom. The van der Waals surface area contributed by atoms with E-state index in [4.69, 9.17) is 14.6 Å². The van der Waals surface area contributed by atoms with Gasteiger partial charge in [-0.25, -0.2) is 0 Å². The van der Waals surface area contributed by atoms with Gasteiger partial charge in [-0.3, -0.25) is 14.5 Å². The first kappa shape index (κ1) is 30.7. The molecule has 1 saturated carbocycles. The van der Waals surface area contributed by atoms with Crippen LogP contribution in [-0.4, -0.2) is 52.2 Å². The Bertz CT molecular complexity index is 1230. The van der Waals surface area contributed by atoms with E-state index < -0.39 is 12.3 Å². The lowest BCUT2D eigenvalue weighted by molar-refractivity contribution is -0.253. The highest BCUT2D eigenvalue weighted by atomic mass is 16.7. The Kier molecular flexibility index (Phi) is 9.38. The molecule has 5 unspecified atom stereocenters. The van der Waals surface area contributed by atoms with E-state index in [0.29, 0.717) is 35.4 Å². The fraction of sp³-hybridized carbons (Fsp3) is 0.588. The molecule has 0 aromatic heterocycles. The molecule has 2 bridgehead atoms. The van der Waals surface area contributed by atoms with Crippen LogP contribution in [0.15, 0.2) is 48.5 Å². The average molecular weight is 579 g/mol. The number of aliphatic hydroxyl groups excluding tert-OH is 1. The predicted octanol–water partition coefficient (Wildman–Crippen LogP) is 6.21. The van der Waals surface area contributed by atoms with Gasteiger partial charge >= 0.3 is 5.97 Å². The molecule has 2 aliphatic heterocycles. The third-order valence-corrected chi connectivity index (χ3v) is 9.09. The minimum Gasteiger partial charge on any atom is -0.481 e. The molecule has 1 amide bonds. The minimum atomic E-state index is -0.841. The van der Waals surface area contributed by atoms with Crippen LogP contribution in [0.25, 0.3) is 0 Å². The summed E-state index contributed by atoms with van der Waals surface area (Å²) < 4.78 is 13.2. The number of carbonyl (C=O) groups is 2. The van der Waals surface area contributed by atoms with Crippen molar-refractivity contribution < 1.29 is 29.3 Å². The van der Waals surface area contributed by atoms with Gasteiger partial charge in [0.05, 0.1) is 18.8 Å². The molecule has 8 nitrogen and oxygen atoms in total. The quantitative estimate of drug-likeness (QED) is 0.272. The fourth-order valence-electron chi connectivity index (χ4n) is 7.59. The van der Waals surface area contributed by atoms with Gasteiger partial charge in [0.1, 0.15) is 0 Å². The van der Waals surface area contributed by atoms with E-state index in [0.717, 1.165) is 36.2 Å². The molecule has 228 valence electrons. The summed E-state index contributed by atoms with van der Waals surface area (Å²) in [6.45, 7) is 9.23. The highest BCUT2D eigenvalue weighted by molar-refractivity contribution is 5.90. The topological polar surface area (TPSA) is 108 Å². The molecule has 3 aliphatic rings. The fourth-order valence-corrected chi connectivity index (χ4v) is 7.59. The Morgan fingerprint density at radius 1 is 0.952 bits per heavy atom. The number of carbonyl (C=O) groups excluding carboxylic acids is 1. The lowest BCUT2D eigenvalue weighted by Gasteiger charge is -2.41. The van der Waals surface area contributed by atoms with Crippen molar-refractivity contribution in [3.05, 3.63) is 65.2 Å². The molecule has 2 aromatic rings. The maximum atomic E-state index is 12.3. The van der Waals surface area contributed by atoms with Crippen LogP contribution in [0.2, 0.25) is 0 Å². The van der Waals surface area contributed by atoms with Crippen molar-refractivity contribution in [1.82, 2.24) is 4.90 Å². The Hall–Kier alpha value is -2.78. The van der Waals surface area contributed by atoms with Gasteiger partial charge in [-0.05, 0) is 66.2 Å². The molecule has 1 aliphatic carbocycles. The highest BCUT2D eigenvalue weighted by Gasteiger charge is 2.50. The van der Waals surface area contributed by atoms with Gasteiger partial charge in [0.25, 0.3) is 0 Å². The highest BCUT2D eigenvalue weighted by Crippen LogP contribution is 2.53. The molecule has 0 spiro atoms. The number of carboxylic acid groups (broad SMARTS) is 1. The van der Waals surface area contributed by atoms with Crippen LogP contribution < -0.4 is 5.32 Å². The van der Waals surface area contributed by atoms with Gasteiger partial charge in [0.15, 0.2) is 6.29 Å². The van der Waals surface area contributed by atoms with E-state index in [9.17, 15) is 14.7 Å². The predicted molar refractivity (Wildman–Crippen MR) is 161 cm³/mol. The Labute approximate surface area is 249 Å². The maximum Gasteiger partial charge on any atom is 0.303 e. The number of likely N-dealkylation sites (tertiary alicyclic amines) is 1. The summed E-state index contributed by atoms with van der Waals surface area (Å²) in [5.74, 6) is -0.969. The third kappa shape index (κ3) is 7.78. The number of hydrogen-bond donors (Lipinski definition) is 3. The molecule has 42 heavy (non-hydrogen) atoms.